The first-order chi connectivity index (χ1) is 13.7. The van der Waals surface area contributed by atoms with Gasteiger partial charge in [0.2, 0.25) is 11.8 Å². The molecule has 8 heteroatoms. The Bertz CT molecular complexity index is 803. The molecule has 0 saturated carbocycles. The van der Waals surface area contributed by atoms with Crippen LogP contribution in [0.3, 0.4) is 0 Å². The number of morpholine rings is 1. The maximum atomic E-state index is 12.4. The number of benzene rings is 1. The van der Waals surface area contributed by atoms with E-state index in [1.165, 1.54) is 0 Å². The quantitative estimate of drug-likeness (QED) is 0.749. The first-order valence-electron chi connectivity index (χ1n) is 9.75. The molecule has 2 saturated heterocycles. The average Bonchev–Trinajstić information content (AvgIpc) is 3.19. The third kappa shape index (κ3) is 4.34. The zero-order valence-corrected chi connectivity index (χ0v) is 16.2. The summed E-state index contributed by atoms with van der Waals surface area (Å²) in [7, 11) is 1.65. The normalized spacial score (nSPS) is 21.1. The highest BCUT2D eigenvalue weighted by Crippen LogP contribution is 2.29. The SMILES string of the molecule is COc1ccccc1CN1C[C@H](c2nc(CN3CCOCC3)no2)CCC1=O. The maximum absolute atomic E-state index is 12.4. The first-order valence-corrected chi connectivity index (χ1v) is 9.75. The minimum atomic E-state index is 0.0679. The van der Waals surface area contributed by atoms with Crippen LogP contribution in [0.15, 0.2) is 28.8 Å². The summed E-state index contributed by atoms with van der Waals surface area (Å²) in [6.45, 7) is 5.03. The molecule has 1 aromatic heterocycles. The molecule has 0 bridgehead atoms. The van der Waals surface area contributed by atoms with Crippen LogP contribution in [-0.2, 0) is 22.6 Å². The number of para-hydroxylation sites is 1. The van der Waals surface area contributed by atoms with E-state index >= 15 is 0 Å². The second kappa shape index (κ2) is 8.70. The molecule has 0 aliphatic carbocycles. The number of carbonyl (C=O) groups excluding carboxylic acids is 1. The van der Waals surface area contributed by atoms with E-state index in [1.807, 2.05) is 29.2 Å². The van der Waals surface area contributed by atoms with E-state index in [4.69, 9.17) is 14.0 Å². The highest BCUT2D eigenvalue weighted by atomic mass is 16.5. The number of carbonyl (C=O) groups is 1. The van der Waals surface area contributed by atoms with Crippen LogP contribution >= 0.6 is 0 Å². The standard InChI is InChI=1S/C20H26N4O4/c1-26-17-5-3-2-4-15(17)12-24-13-16(6-7-19(24)25)20-21-18(22-28-20)14-23-8-10-27-11-9-23/h2-5,16H,6-14H2,1H3/t16-/m1/s1. The van der Waals surface area contributed by atoms with Crippen molar-refractivity contribution in [1.82, 2.24) is 19.9 Å². The first kappa shape index (κ1) is 18.9. The van der Waals surface area contributed by atoms with Crippen LogP contribution in [0.5, 0.6) is 5.75 Å². The summed E-state index contributed by atoms with van der Waals surface area (Å²) in [6.07, 6.45) is 1.22. The average molecular weight is 386 g/mol. The lowest BCUT2D eigenvalue weighted by molar-refractivity contribution is -0.134. The highest BCUT2D eigenvalue weighted by Gasteiger charge is 2.31. The number of hydrogen-bond donors (Lipinski definition) is 0. The zero-order chi connectivity index (χ0) is 19.3. The van der Waals surface area contributed by atoms with Gasteiger partial charge in [-0.3, -0.25) is 9.69 Å². The Labute approximate surface area is 164 Å². The molecule has 150 valence electrons. The Hall–Kier alpha value is -2.45. The molecule has 4 rings (SSSR count). The number of aromatic nitrogens is 2. The molecular formula is C20H26N4O4. The van der Waals surface area contributed by atoms with Crippen LogP contribution in [0.25, 0.3) is 0 Å². The topological polar surface area (TPSA) is 80.9 Å². The number of methoxy groups -OCH3 is 1. The van der Waals surface area contributed by atoms with E-state index in [-0.39, 0.29) is 11.8 Å². The Kier molecular flexibility index (Phi) is 5.87. The molecule has 0 radical (unpaired) electrons. The van der Waals surface area contributed by atoms with Gasteiger partial charge in [-0.2, -0.15) is 4.98 Å². The molecule has 0 unspecified atom stereocenters. The lowest BCUT2D eigenvalue weighted by Gasteiger charge is -2.31. The zero-order valence-electron chi connectivity index (χ0n) is 16.2. The molecule has 0 spiro atoms. The van der Waals surface area contributed by atoms with E-state index in [2.05, 4.69) is 15.0 Å². The molecule has 2 aliphatic heterocycles. The van der Waals surface area contributed by atoms with Gasteiger partial charge in [0, 0.05) is 38.2 Å². The molecule has 1 amide bonds. The Morgan fingerprint density at radius 2 is 2.04 bits per heavy atom. The summed E-state index contributed by atoms with van der Waals surface area (Å²) >= 11 is 0. The van der Waals surface area contributed by atoms with Crippen molar-refractivity contribution >= 4 is 5.91 Å². The molecular weight excluding hydrogens is 360 g/mol. The summed E-state index contributed by atoms with van der Waals surface area (Å²) in [5.74, 6) is 2.34. The lowest BCUT2D eigenvalue weighted by atomic mass is 9.97. The monoisotopic (exact) mass is 386 g/mol. The van der Waals surface area contributed by atoms with E-state index in [9.17, 15) is 4.79 Å². The van der Waals surface area contributed by atoms with E-state index < -0.39 is 0 Å². The van der Waals surface area contributed by atoms with Crippen molar-refractivity contribution in [2.45, 2.75) is 31.8 Å². The summed E-state index contributed by atoms with van der Waals surface area (Å²) in [5.41, 5.74) is 0.998. The van der Waals surface area contributed by atoms with Crippen molar-refractivity contribution in [1.29, 1.82) is 0 Å². The van der Waals surface area contributed by atoms with Crippen molar-refractivity contribution in [2.24, 2.45) is 0 Å². The van der Waals surface area contributed by atoms with Crippen LogP contribution in [-0.4, -0.2) is 65.8 Å². The van der Waals surface area contributed by atoms with Crippen LogP contribution in [0.2, 0.25) is 0 Å². The van der Waals surface area contributed by atoms with E-state index in [1.54, 1.807) is 7.11 Å². The number of nitrogens with zero attached hydrogens (tertiary/aromatic N) is 4. The Morgan fingerprint density at radius 3 is 2.86 bits per heavy atom. The second-order valence-electron chi connectivity index (χ2n) is 7.26. The maximum Gasteiger partial charge on any atom is 0.231 e. The van der Waals surface area contributed by atoms with Gasteiger partial charge in [-0.15, -0.1) is 0 Å². The van der Waals surface area contributed by atoms with Crippen molar-refractivity contribution < 1.29 is 18.8 Å². The van der Waals surface area contributed by atoms with Crippen molar-refractivity contribution in [3.63, 3.8) is 0 Å². The van der Waals surface area contributed by atoms with Gasteiger partial charge in [-0.05, 0) is 12.5 Å². The number of hydrogen-bond acceptors (Lipinski definition) is 7. The number of ether oxygens (including phenoxy) is 2. The Balaban J connectivity index is 1.41. The summed E-state index contributed by atoms with van der Waals surface area (Å²) in [5, 5.41) is 4.15. The van der Waals surface area contributed by atoms with Gasteiger partial charge < -0.3 is 18.9 Å². The van der Waals surface area contributed by atoms with Crippen molar-refractivity contribution in [3.05, 3.63) is 41.5 Å². The van der Waals surface area contributed by atoms with Crippen LogP contribution < -0.4 is 4.74 Å². The predicted octanol–water partition coefficient (Wildman–Crippen LogP) is 1.82. The summed E-state index contributed by atoms with van der Waals surface area (Å²) < 4.78 is 16.3. The fourth-order valence-corrected chi connectivity index (χ4v) is 3.77. The van der Waals surface area contributed by atoms with Gasteiger partial charge >= 0.3 is 0 Å². The fraction of sp³-hybridized carbons (Fsp3) is 0.550. The fourth-order valence-electron chi connectivity index (χ4n) is 3.77. The summed E-state index contributed by atoms with van der Waals surface area (Å²) in [6, 6.07) is 7.79. The summed E-state index contributed by atoms with van der Waals surface area (Å²) in [4.78, 5) is 21.2. The molecule has 28 heavy (non-hydrogen) atoms. The highest BCUT2D eigenvalue weighted by molar-refractivity contribution is 5.77. The van der Waals surface area contributed by atoms with E-state index in [0.29, 0.717) is 37.8 Å². The molecule has 8 nitrogen and oxygen atoms in total. The molecule has 1 atom stereocenters. The number of rotatable bonds is 6. The van der Waals surface area contributed by atoms with Gasteiger partial charge in [0.1, 0.15) is 5.75 Å². The number of piperidine rings is 1. The third-order valence-electron chi connectivity index (χ3n) is 5.36. The second-order valence-corrected chi connectivity index (χ2v) is 7.26. The molecule has 2 aromatic rings. The van der Waals surface area contributed by atoms with Crippen molar-refractivity contribution in [3.8, 4) is 5.75 Å². The van der Waals surface area contributed by atoms with Crippen LogP contribution in [0, 0.1) is 0 Å². The van der Waals surface area contributed by atoms with Crippen molar-refractivity contribution in [2.75, 3.05) is 40.0 Å². The minimum absolute atomic E-state index is 0.0679. The number of amides is 1. The third-order valence-corrected chi connectivity index (χ3v) is 5.36. The van der Waals surface area contributed by atoms with Gasteiger partial charge in [-0.1, -0.05) is 23.4 Å². The largest absolute Gasteiger partial charge is 0.496 e. The predicted molar refractivity (Wildman–Crippen MR) is 101 cm³/mol. The van der Waals surface area contributed by atoms with Gasteiger partial charge in [-0.25, -0.2) is 0 Å². The molecule has 1 aromatic carbocycles. The molecule has 2 fully saturated rings. The molecule has 3 heterocycles. The van der Waals surface area contributed by atoms with E-state index in [0.717, 1.165) is 44.0 Å². The van der Waals surface area contributed by atoms with Gasteiger partial charge in [0.05, 0.1) is 32.8 Å². The smallest absolute Gasteiger partial charge is 0.231 e. The molecule has 2 aliphatic rings. The van der Waals surface area contributed by atoms with Crippen LogP contribution in [0.1, 0.15) is 36.0 Å². The van der Waals surface area contributed by atoms with Crippen LogP contribution in [0.4, 0.5) is 0 Å². The Morgan fingerprint density at radius 1 is 1.21 bits per heavy atom. The van der Waals surface area contributed by atoms with Gasteiger partial charge in [0.25, 0.3) is 0 Å². The van der Waals surface area contributed by atoms with Gasteiger partial charge in [0.15, 0.2) is 5.82 Å². The molecule has 0 N–H and O–H groups in total. The minimum Gasteiger partial charge on any atom is -0.496 e. The lowest BCUT2D eigenvalue weighted by Crippen LogP contribution is -2.38. The number of likely N-dealkylation sites (tertiary alicyclic amines) is 1.